The predicted molar refractivity (Wildman–Crippen MR) is 80.0 cm³/mol. The van der Waals surface area contributed by atoms with Crippen molar-refractivity contribution in [1.29, 1.82) is 0 Å². The van der Waals surface area contributed by atoms with E-state index in [4.69, 9.17) is 5.11 Å². The highest BCUT2D eigenvalue weighted by atomic mass is 16.4. The number of hydrogen-bond donors (Lipinski definition) is 1. The molecule has 0 saturated carbocycles. The normalized spacial score (nSPS) is 18.2. The van der Waals surface area contributed by atoms with Gasteiger partial charge in [-0.2, -0.15) is 0 Å². The molecule has 4 heteroatoms. The van der Waals surface area contributed by atoms with E-state index in [-0.39, 0.29) is 12.6 Å². The van der Waals surface area contributed by atoms with E-state index >= 15 is 0 Å². The minimum absolute atomic E-state index is 0.0874. The molecule has 1 N–H and O–H groups in total. The van der Waals surface area contributed by atoms with Gasteiger partial charge in [0.2, 0.25) is 0 Å². The van der Waals surface area contributed by atoms with Crippen LogP contribution in [0.25, 0.3) is 0 Å². The van der Waals surface area contributed by atoms with E-state index in [0.717, 1.165) is 19.4 Å². The Morgan fingerprint density at radius 1 is 1.24 bits per heavy atom. The minimum Gasteiger partial charge on any atom is -0.480 e. The Bertz CT molecular complexity index is 628. The second-order valence-electron chi connectivity index (χ2n) is 5.39. The van der Waals surface area contributed by atoms with Gasteiger partial charge >= 0.3 is 5.97 Å². The first-order chi connectivity index (χ1) is 10.2. The second-order valence-corrected chi connectivity index (χ2v) is 5.39. The molecule has 0 spiro atoms. The molecule has 3 rings (SSSR count). The number of carboxylic acids is 1. The zero-order valence-electron chi connectivity index (χ0n) is 11.8. The molecule has 1 aliphatic rings. The lowest BCUT2D eigenvalue weighted by Crippen LogP contribution is -2.39. The van der Waals surface area contributed by atoms with Crippen molar-refractivity contribution in [3.8, 4) is 0 Å². The van der Waals surface area contributed by atoms with Gasteiger partial charge in [0.1, 0.15) is 0 Å². The number of carboxylic acid groups (broad SMARTS) is 1. The van der Waals surface area contributed by atoms with Crippen LogP contribution in [0.2, 0.25) is 0 Å². The fourth-order valence-corrected chi connectivity index (χ4v) is 3.05. The zero-order valence-corrected chi connectivity index (χ0v) is 11.8. The predicted octanol–water partition coefficient (Wildman–Crippen LogP) is 2.31. The molecule has 0 aliphatic carbocycles. The molecule has 0 amide bonds. The summed E-state index contributed by atoms with van der Waals surface area (Å²) < 4.78 is 0. The molecule has 1 aromatic heterocycles. The third-order valence-corrected chi connectivity index (χ3v) is 4.04. The van der Waals surface area contributed by atoms with Gasteiger partial charge in [-0.3, -0.25) is 14.7 Å². The average molecular weight is 282 g/mol. The van der Waals surface area contributed by atoms with Crippen molar-refractivity contribution in [2.24, 2.45) is 0 Å². The Morgan fingerprint density at radius 3 is 2.76 bits per heavy atom. The number of hydrogen-bond acceptors (Lipinski definition) is 3. The van der Waals surface area contributed by atoms with Crippen molar-refractivity contribution in [2.75, 3.05) is 13.1 Å². The lowest BCUT2D eigenvalue weighted by molar-refractivity contribution is -0.139. The molecule has 0 saturated heterocycles. The van der Waals surface area contributed by atoms with Crippen LogP contribution in [-0.2, 0) is 17.6 Å². The molecule has 2 aromatic rings. The van der Waals surface area contributed by atoms with E-state index in [9.17, 15) is 4.79 Å². The fraction of sp³-hybridized carbons (Fsp3) is 0.294. The molecule has 1 aliphatic heterocycles. The minimum atomic E-state index is -0.769. The van der Waals surface area contributed by atoms with Gasteiger partial charge in [-0.1, -0.05) is 24.3 Å². The number of rotatable bonds is 4. The van der Waals surface area contributed by atoms with Crippen LogP contribution in [0.15, 0.2) is 48.8 Å². The first kappa shape index (κ1) is 13.8. The highest BCUT2D eigenvalue weighted by Gasteiger charge is 2.28. The van der Waals surface area contributed by atoms with Crippen LogP contribution < -0.4 is 0 Å². The van der Waals surface area contributed by atoms with Crippen molar-refractivity contribution >= 4 is 5.97 Å². The number of pyridine rings is 1. The molecule has 4 nitrogen and oxygen atoms in total. The van der Waals surface area contributed by atoms with Crippen LogP contribution in [0.4, 0.5) is 0 Å². The number of aromatic nitrogens is 1. The summed E-state index contributed by atoms with van der Waals surface area (Å²) in [5.41, 5.74) is 3.77. The SMILES string of the molecule is O=C(O)CN1CCc2ccccc2C1Cc1ccncc1. The monoisotopic (exact) mass is 282 g/mol. The molecular formula is C17H18N2O2. The van der Waals surface area contributed by atoms with Crippen LogP contribution in [0.3, 0.4) is 0 Å². The molecule has 0 bridgehead atoms. The summed E-state index contributed by atoms with van der Waals surface area (Å²) in [7, 11) is 0. The molecule has 1 atom stereocenters. The molecule has 1 unspecified atom stereocenters. The summed E-state index contributed by atoms with van der Waals surface area (Å²) in [5, 5.41) is 9.15. The second kappa shape index (κ2) is 6.06. The van der Waals surface area contributed by atoms with Gasteiger partial charge in [0.25, 0.3) is 0 Å². The third kappa shape index (κ3) is 3.11. The molecule has 21 heavy (non-hydrogen) atoms. The summed E-state index contributed by atoms with van der Waals surface area (Å²) in [6.45, 7) is 0.878. The van der Waals surface area contributed by atoms with E-state index in [1.165, 1.54) is 16.7 Å². The lowest BCUT2D eigenvalue weighted by Gasteiger charge is -2.36. The maximum atomic E-state index is 11.1. The summed E-state index contributed by atoms with van der Waals surface area (Å²) in [4.78, 5) is 17.2. The number of benzene rings is 1. The van der Waals surface area contributed by atoms with Gasteiger partial charge in [-0.25, -0.2) is 0 Å². The average Bonchev–Trinajstić information content (AvgIpc) is 2.50. The van der Waals surface area contributed by atoms with Gasteiger partial charge in [-0.05, 0) is 41.7 Å². The van der Waals surface area contributed by atoms with E-state index in [2.05, 4.69) is 28.1 Å². The standard InChI is InChI=1S/C17H18N2O2/c20-17(21)12-19-10-7-14-3-1-2-4-15(14)16(19)11-13-5-8-18-9-6-13/h1-6,8-9,16H,7,10-12H2,(H,20,21). The van der Waals surface area contributed by atoms with E-state index < -0.39 is 5.97 Å². The highest BCUT2D eigenvalue weighted by Crippen LogP contribution is 2.32. The number of aliphatic carboxylic acids is 1. The van der Waals surface area contributed by atoms with Gasteiger partial charge in [0.05, 0.1) is 6.54 Å². The number of fused-ring (bicyclic) bond motifs is 1. The van der Waals surface area contributed by atoms with Gasteiger partial charge in [0, 0.05) is 25.0 Å². The van der Waals surface area contributed by atoms with Crippen molar-refractivity contribution < 1.29 is 9.90 Å². The smallest absolute Gasteiger partial charge is 0.317 e. The topological polar surface area (TPSA) is 53.4 Å². The van der Waals surface area contributed by atoms with Crippen LogP contribution >= 0.6 is 0 Å². The van der Waals surface area contributed by atoms with Crippen molar-refractivity contribution in [3.63, 3.8) is 0 Å². The maximum Gasteiger partial charge on any atom is 0.317 e. The summed E-state index contributed by atoms with van der Waals surface area (Å²) in [6.07, 6.45) is 5.29. The highest BCUT2D eigenvalue weighted by molar-refractivity contribution is 5.69. The van der Waals surface area contributed by atoms with E-state index in [0.29, 0.717) is 0 Å². The Morgan fingerprint density at radius 2 is 2.00 bits per heavy atom. The van der Waals surface area contributed by atoms with Crippen molar-refractivity contribution in [3.05, 3.63) is 65.5 Å². The van der Waals surface area contributed by atoms with Crippen LogP contribution in [0, 0.1) is 0 Å². The molecular weight excluding hydrogens is 264 g/mol. The lowest BCUT2D eigenvalue weighted by atomic mass is 9.89. The quantitative estimate of drug-likeness (QED) is 0.935. The first-order valence-corrected chi connectivity index (χ1v) is 7.16. The maximum absolute atomic E-state index is 11.1. The van der Waals surface area contributed by atoms with E-state index in [1.807, 2.05) is 18.2 Å². The van der Waals surface area contributed by atoms with Crippen LogP contribution in [-0.4, -0.2) is 34.0 Å². The van der Waals surface area contributed by atoms with Crippen LogP contribution in [0.1, 0.15) is 22.7 Å². The molecule has 108 valence electrons. The van der Waals surface area contributed by atoms with Crippen LogP contribution in [0.5, 0.6) is 0 Å². The van der Waals surface area contributed by atoms with Crippen molar-refractivity contribution in [2.45, 2.75) is 18.9 Å². The van der Waals surface area contributed by atoms with Crippen molar-refractivity contribution in [1.82, 2.24) is 9.88 Å². The Labute approximate surface area is 124 Å². The Hall–Kier alpha value is -2.20. The van der Waals surface area contributed by atoms with Gasteiger partial charge in [0.15, 0.2) is 0 Å². The largest absolute Gasteiger partial charge is 0.480 e. The fourth-order valence-electron chi connectivity index (χ4n) is 3.05. The van der Waals surface area contributed by atoms with E-state index in [1.54, 1.807) is 12.4 Å². The number of nitrogens with zero attached hydrogens (tertiary/aromatic N) is 2. The zero-order chi connectivity index (χ0) is 14.7. The molecule has 0 fully saturated rings. The summed E-state index contributed by atoms with van der Waals surface area (Å²) in [6, 6.07) is 12.5. The summed E-state index contributed by atoms with van der Waals surface area (Å²) >= 11 is 0. The molecule has 0 radical (unpaired) electrons. The third-order valence-electron chi connectivity index (χ3n) is 4.04. The molecule has 1 aromatic carbocycles. The number of carbonyl (C=O) groups is 1. The first-order valence-electron chi connectivity index (χ1n) is 7.16. The van der Waals surface area contributed by atoms with Gasteiger partial charge < -0.3 is 5.11 Å². The Kier molecular flexibility index (Phi) is 3.97. The van der Waals surface area contributed by atoms with Gasteiger partial charge in [-0.15, -0.1) is 0 Å². The molecule has 2 heterocycles. The Balaban J connectivity index is 1.92. The summed E-state index contributed by atoms with van der Waals surface area (Å²) in [5.74, 6) is -0.769.